The van der Waals surface area contributed by atoms with Crippen molar-refractivity contribution in [2.75, 3.05) is 36.7 Å². The third kappa shape index (κ3) is 5.43. The summed E-state index contributed by atoms with van der Waals surface area (Å²) < 4.78 is 5.26. The molecule has 0 aromatic heterocycles. The van der Waals surface area contributed by atoms with Gasteiger partial charge in [-0.3, -0.25) is 4.79 Å². The van der Waals surface area contributed by atoms with E-state index in [0.717, 1.165) is 31.4 Å². The summed E-state index contributed by atoms with van der Waals surface area (Å²) in [6.07, 6.45) is 5.56. The number of methoxy groups -OCH3 is 1. The first kappa shape index (κ1) is 21.5. The van der Waals surface area contributed by atoms with E-state index in [1.807, 2.05) is 37.2 Å². The van der Waals surface area contributed by atoms with Crippen LogP contribution < -0.4 is 25.6 Å². The van der Waals surface area contributed by atoms with E-state index >= 15 is 0 Å². The molecule has 0 heterocycles. The molecule has 3 N–H and O–H groups in total. The Hall–Kier alpha value is -3.22. The summed E-state index contributed by atoms with van der Waals surface area (Å²) in [4.78, 5) is 27.3. The van der Waals surface area contributed by atoms with Crippen molar-refractivity contribution in [3.05, 3.63) is 48.0 Å². The van der Waals surface area contributed by atoms with Gasteiger partial charge in [0.25, 0.3) is 5.91 Å². The predicted molar refractivity (Wildman–Crippen MR) is 121 cm³/mol. The molecule has 7 nitrogen and oxygen atoms in total. The summed E-state index contributed by atoms with van der Waals surface area (Å²) in [5.41, 5.74) is 2.46. The van der Waals surface area contributed by atoms with Gasteiger partial charge < -0.3 is 25.6 Å². The lowest BCUT2D eigenvalue weighted by Gasteiger charge is -2.24. The van der Waals surface area contributed by atoms with Gasteiger partial charge in [0, 0.05) is 31.5 Å². The highest BCUT2D eigenvalue weighted by atomic mass is 16.5. The van der Waals surface area contributed by atoms with Gasteiger partial charge in [-0.1, -0.05) is 31.4 Å². The summed E-state index contributed by atoms with van der Waals surface area (Å²) in [6, 6.07) is 12.3. The number of benzene rings is 2. The van der Waals surface area contributed by atoms with Crippen LogP contribution in [-0.2, 0) is 0 Å². The highest BCUT2D eigenvalue weighted by Crippen LogP contribution is 2.26. The average Bonchev–Trinajstić information content (AvgIpc) is 2.74. The molecule has 1 fully saturated rings. The van der Waals surface area contributed by atoms with Gasteiger partial charge in [-0.15, -0.1) is 0 Å². The molecule has 1 aliphatic rings. The number of hydrogen-bond acceptors (Lipinski definition) is 4. The first-order valence-corrected chi connectivity index (χ1v) is 10.3. The maximum absolute atomic E-state index is 13.0. The summed E-state index contributed by atoms with van der Waals surface area (Å²) in [5.74, 6) is 0.461. The summed E-state index contributed by atoms with van der Waals surface area (Å²) in [7, 11) is 5.35. The number of anilines is 3. The zero-order valence-corrected chi connectivity index (χ0v) is 17.8. The fourth-order valence-electron chi connectivity index (χ4n) is 3.73. The molecule has 3 rings (SSSR count). The van der Waals surface area contributed by atoms with E-state index in [4.69, 9.17) is 4.74 Å². The highest BCUT2D eigenvalue weighted by molar-refractivity contribution is 6.04. The van der Waals surface area contributed by atoms with Crippen LogP contribution in [0.15, 0.2) is 42.5 Å². The monoisotopic (exact) mass is 410 g/mol. The van der Waals surface area contributed by atoms with Crippen LogP contribution in [0.4, 0.5) is 21.9 Å². The zero-order chi connectivity index (χ0) is 21.5. The van der Waals surface area contributed by atoms with Crippen LogP contribution in [0.2, 0.25) is 0 Å². The Morgan fingerprint density at radius 2 is 1.73 bits per heavy atom. The molecule has 0 aliphatic heterocycles. The Morgan fingerprint density at radius 3 is 2.43 bits per heavy atom. The summed E-state index contributed by atoms with van der Waals surface area (Å²) in [5, 5.41) is 8.73. The Bertz CT molecular complexity index is 892. The number of para-hydroxylation sites is 2. The highest BCUT2D eigenvalue weighted by Gasteiger charge is 2.20. The van der Waals surface area contributed by atoms with Gasteiger partial charge in [0.15, 0.2) is 0 Å². The fraction of sp³-hybridized carbons (Fsp3) is 0.391. The summed E-state index contributed by atoms with van der Waals surface area (Å²) >= 11 is 0. The van der Waals surface area contributed by atoms with Gasteiger partial charge in [-0.05, 0) is 43.2 Å². The zero-order valence-electron chi connectivity index (χ0n) is 17.8. The second-order valence-electron chi connectivity index (χ2n) is 7.71. The van der Waals surface area contributed by atoms with Gasteiger partial charge in [0.2, 0.25) is 0 Å². The van der Waals surface area contributed by atoms with Crippen molar-refractivity contribution in [2.24, 2.45) is 0 Å². The normalized spacial score (nSPS) is 14.0. The Morgan fingerprint density at radius 1 is 1.00 bits per heavy atom. The van der Waals surface area contributed by atoms with Crippen molar-refractivity contribution in [1.29, 1.82) is 0 Å². The van der Waals surface area contributed by atoms with Crippen LogP contribution in [0.25, 0.3) is 0 Å². The average molecular weight is 411 g/mol. The molecule has 0 bridgehead atoms. The van der Waals surface area contributed by atoms with Gasteiger partial charge >= 0.3 is 6.03 Å². The van der Waals surface area contributed by atoms with Crippen molar-refractivity contribution in [3.8, 4) is 5.75 Å². The van der Waals surface area contributed by atoms with E-state index in [9.17, 15) is 9.59 Å². The van der Waals surface area contributed by atoms with E-state index in [-0.39, 0.29) is 11.9 Å². The van der Waals surface area contributed by atoms with Gasteiger partial charge in [0.05, 0.1) is 18.4 Å². The van der Waals surface area contributed by atoms with Gasteiger partial charge in [-0.25, -0.2) is 4.79 Å². The van der Waals surface area contributed by atoms with Crippen LogP contribution in [0, 0.1) is 0 Å². The lowest BCUT2D eigenvalue weighted by molar-refractivity contribution is 0.0928. The number of hydrogen-bond donors (Lipinski definition) is 3. The quantitative estimate of drug-likeness (QED) is 0.656. The van der Waals surface area contributed by atoms with Gasteiger partial charge in [-0.2, -0.15) is 0 Å². The molecule has 1 aliphatic carbocycles. The number of urea groups is 1. The van der Waals surface area contributed by atoms with Crippen molar-refractivity contribution in [2.45, 2.75) is 38.1 Å². The Balaban J connectivity index is 1.74. The van der Waals surface area contributed by atoms with Crippen LogP contribution >= 0.6 is 0 Å². The lowest BCUT2D eigenvalue weighted by Crippen LogP contribution is -2.36. The minimum absolute atomic E-state index is 0.112. The smallest absolute Gasteiger partial charge is 0.323 e. The molecular weight excluding hydrogens is 380 g/mol. The van der Waals surface area contributed by atoms with Crippen LogP contribution in [0.3, 0.4) is 0 Å². The molecule has 0 saturated heterocycles. The van der Waals surface area contributed by atoms with E-state index in [2.05, 4.69) is 16.0 Å². The number of nitrogens with zero attached hydrogens (tertiary/aromatic N) is 1. The minimum Gasteiger partial charge on any atom is -0.495 e. The van der Waals surface area contributed by atoms with E-state index in [0.29, 0.717) is 22.7 Å². The lowest BCUT2D eigenvalue weighted by atomic mass is 9.95. The maximum Gasteiger partial charge on any atom is 0.323 e. The van der Waals surface area contributed by atoms with E-state index in [1.165, 1.54) is 6.42 Å². The summed E-state index contributed by atoms with van der Waals surface area (Å²) in [6.45, 7) is 0. The molecule has 7 heteroatoms. The number of carbonyl (C=O) groups is 2. The molecule has 0 atom stereocenters. The number of rotatable bonds is 6. The molecule has 2 aromatic rings. The van der Waals surface area contributed by atoms with Crippen LogP contribution in [0.1, 0.15) is 42.5 Å². The number of amides is 3. The van der Waals surface area contributed by atoms with Crippen molar-refractivity contribution >= 4 is 29.0 Å². The molecular formula is C23H30N4O3. The molecule has 3 amide bonds. The SMILES string of the molecule is COc1ccccc1NC(=O)Nc1ccc(N(C)C)c(C(=O)NC2CCCCC2)c1. The largest absolute Gasteiger partial charge is 0.495 e. The van der Waals surface area contributed by atoms with Crippen LogP contribution in [-0.4, -0.2) is 39.2 Å². The molecule has 0 spiro atoms. The molecule has 2 aromatic carbocycles. The topological polar surface area (TPSA) is 82.7 Å². The first-order valence-electron chi connectivity index (χ1n) is 10.3. The van der Waals surface area contributed by atoms with Crippen molar-refractivity contribution in [3.63, 3.8) is 0 Å². The first-order chi connectivity index (χ1) is 14.5. The Labute approximate surface area is 177 Å². The van der Waals surface area contributed by atoms with Crippen LogP contribution in [0.5, 0.6) is 5.75 Å². The van der Waals surface area contributed by atoms with Crippen molar-refractivity contribution in [1.82, 2.24) is 5.32 Å². The number of carbonyl (C=O) groups excluding carboxylic acids is 2. The number of nitrogens with one attached hydrogen (secondary N) is 3. The number of ether oxygens (including phenoxy) is 1. The fourth-order valence-corrected chi connectivity index (χ4v) is 3.73. The predicted octanol–water partition coefficient (Wildman–Crippen LogP) is 4.47. The second kappa shape index (κ2) is 10.0. The molecule has 160 valence electrons. The van der Waals surface area contributed by atoms with Gasteiger partial charge in [0.1, 0.15) is 5.75 Å². The molecule has 0 unspecified atom stereocenters. The second-order valence-corrected chi connectivity index (χ2v) is 7.71. The maximum atomic E-state index is 13.0. The third-order valence-corrected chi connectivity index (χ3v) is 5.28. The Kier molecular flexibility index (Phi) is 7.17. The van der Waals surface area contributed by atoms with E-state index < -0.39 is 6.03 Å². The molecule has 30 heavy (non-hydrogen) atoms. The standard InChI is InChI=1S/C23H30N4O3/c1-27(2)20-14-13-17(15-18(20)22(28)24-16-9-5-4-6-10-16)25-23(29)26-19-11-7-8-12-21(19)30-3/h7-8,11-16H,4-6,9-10H2,1-3H3,(H,24,28)(H2,25,26,29). The minimum atomic E-state index is -0.407. The molecule has 0 radical (unpaired) electrons. The molecule has 1 saturated carbocycles. The van der Waals surface area contributed by atoms with E-state index in [1.54, 1.807) is 31.4 Å². The van der Waals surface area contributed by atoms with Crippen molar-refractivity contribution < 1.29 is 14.3 Å². The third-order valence-electron chi connectivity index (χ3n) is 5.28.